The van der Waals surface area contributed by atoms with E-state index in [-0.39, 0.29) is 24.0 Å². The molecule has 1 saturated carbocycles. The zero-order valence-electron chi connectivity index (χ0n) is 30.6. The summed E-state index contributed by atoms with van der Waals surface area (Å²) < 4.78 is 40.2. The summed E-state index contributed by atoms with van der Waals surface area (Å²) in [6, 6.07) is 5.77. The van der Waals surface area contributed by atoms with Crippen molar-refractivity contribution in [1.29, 1.82) is 0 Å². The van der Waals surface area contributed by atoms with Gasteiger partial charge in [0.05, 0.1) is 6.61 Å². The summed E-state index contributed by atoms with van der Waals surface area (Å²) in [4.78, 5) is 32.7. The molecule has 2 fully saturated rings. The van der Waals surface area contributed by atoms with Gasteiger partial charge in [-0.2, -0.15) is 4.31 Å². The van der Waals surface area contributed by atoms with Gasteiger partial charge in [0.1, 0.15) is 17.0 Å². The van der Waals surface area contributed by atoms with Crippen LogP contribution in [-0.4, -0.2) is 81.2 Å². The maximum Gasteiger partial charge on any atom is 0.410 e. The standard InChI is InChI=1S/C36H58N4O6SSi/c1-27-25-28(26-39(33(42)46-34(2,3)4)22-23-45-48(8,9)35(5,6)7)15-16-29(27)17-24-47(43,44)40-20-18-36(19-21-40)32(41)37-31(38-36)30-13-11-10-12-14-30/h15-17,24-25,30H,10-14,18-23,26H2,1-9H3,(H,37,38,41). The third-order valence-corrected chi connectivity index (χ3v) is 16.4. The molecule has 0 unspecified atom stereocenters. The van der Waals surface area contributed by atoms with E-state index in [0.717, 1.165) is 48.2 Å². The van der Waals surface area contributed by atoms with E-state index in [1.165, 1.54) is 16.1 Å². The maximum absolute atomic E-state index is 13.3. The van der Waals surface area contributed by atoms with Crippen molar-refractivity contribution in [2.24, 2.45) is 10.9 Å². The second-order valence-electron chi connectivity index (χ2n) is 16.3. The molecule has 12 heteroatoms. The van der Waals surface area contributed by atoms with E-state index in [4.69, 9.17) is 14.2 Å². The molecule has 1 aliphatic carbocycles. The summed E-state index contributed by atoms with van der Waals surface area (Å²) in [6.07, 6.45) is 7.63. The number of hydrogen-bond acceptors (Lipinski definition) is 7. The van der Waals surface area contributed by atoms with Crippen molar-refractivity contribution in [1.82, 2.24) is 14.5 Å². The number of nitrogens with zero attached hydrogens (tertiary/aromatic N) is 3. The summed E-state index contributed by atoms with van der Waals surface area (Å²) in [5.74, 6) is 1.03. The minimum atomic E-state index is -3.69. The Morgan fingerprint density at radius 3 is 2.33 bits per heavy atom. The first-order valence-electron chi connectivity index (χ1n) is 17.5. The normalized spacial score (nSPS) is 19.9. The van der Waals surface area contributed by atoms with Gasteiger partial charge < -0.3 is 19.4 Å². The zero-order chi connectivity index (χ0) is 35.5. The Labute approximate surface area is 289 Å². The molecular weight excluding hydrogens is 645 g/mol. The number of rotatable bonds is 10. The number of amidine groups is 1. The van der Waals surface area contributed by atoms with E-state index in [1.807, 2.05) is 45.9 Å². The number of amides is 2. The molecule has 2 amide bonds. The number of benzene rings is 1. The number of carbonyl (C=O) groups excluding carboxylic acids is 2. The first-order valence-corrected chi connectivity index (χ1v) is 21.9. The number of sulfonamides is 1. The highest BCUT2D eigenvalue weighted by Crippen LogP contribution is 2.37. The molecule has 1 spiro atoms. The third kappa shape index (κ3) is 9.57. The minimum Gasteiger partial charge on any atom is -0.444 e. The van der Waals surface area contributed by atoms with E-state index in [2.05, 4.69) is 39.2 Å². The highest BCUT2D eigenvalue weighted by Gasteiger charge is 2.48. The Morgan fingerprint density at radius 2 is 1.75 bits per heavy atom. The van der Waals surface area contributed by atoms with Crippen LogP contribution in [0.15, 0.2) is 28.6 Å². The predicted octanol–water partition coefficient (Wildman–Crippen LogP) is 7.00. The van der Waals surface area contributed by atoms with E-state index in [9.17, 15) is 18.0 Å². The van der Waals surface area contributed by atoms with Gasteiger partial charge in [-0.05, 0) is 94.3 Å². The quantitative estimate of drug-likeness (QED) is 0.263. The van der Waals surface area contributed by atoms with E-state index in [0.29, 0.717) is 38.5 Å². The van der Waals surface area contributed by atoms with Crippen LogP contribution in [0.4, 0.5) is 4.79 Å². The number of hydrogen-bond donors (Lipinski definition) is 1. The Balaban J connectivity index is 1.39. The van der Waals surface area contributed by atoms with Crippen molar-refractivity contribution in [3.05, 3.63) is 40.3 Å². The molecule has 1 N–H and O–H groups in total. The highest BCUT2D eigenvalue weighted by molar-refractivity contribution is 7.92. The number of piperidine rings is 1. The Morgan fingerprint density at radius 1 is 1.10 bits per heavy atom. The van der Waals surface area contributed by atoms with Crippen LogP contribution in [0.1, 0.15) is 103 Å². The molecule has 268 valence electrons. The lowest BCUT2D eigenvalue weighted by atomic mass is 9.88. The van der Waals surface area contributed by atoms with Crippen molar-refractivity contribution in [3.63, 3.8) is 0 Å². The van der Waals surface area contributed by atoms with Gasteiger partial charge in [-0.25, -0.2) is 13.2 Å². The van der Waals surface area contributed by atoms with Crippen molar-refractivity contribution < 1.29 is 27.2 Å². The number of nitrogens with one attached hydrogen (secondary N) is 1. The molecule has 1 aromatic rings. The van der Waals surface area contributed by atoms with Gasteiger partial charge in [-0.3, -0.25) is 9.79 Å². The molecule has 3 aliphatic rings. The van der Waals surface area contributed by atoms with Gasteiger partial charge in [0.15, 0.2) is 8.32 Å². The van der Waals surface area contributed by atoms with Gasteiger partial charge in [0, 0.05) is 37.5 Å². The predicted molar refractivity (Wildman–Crippen MR) is 195 cm³/mol. The molecule has 0 bridgehead atoms. The van der Waals surface area contributed by atoms with Gasteiger partial charge in [0.25, 0.3) is 5.91 Å². The van der Waals surface area contributed by atoms with Crippen LogP contribution in [0.25, 0.3) is 6.08 Å². The smallest absolute Gasteiger partial charge is 0.410 e. The monoisotopic (exact) mass is 702 g/mol. The fraction of sp³-hybridized carbons (Fsp3) is 0.694. The fourth-order valence-corrected chi connectivity index (χ4v) is 8.46. The second-order valence-corrected chi connectivity index (χ2v) is 22.9. The van der Waals surface area contributed by atoms with Crippen LogP contribution in [0.2, 0.25) is 18.1 Å². The molecule has 2 aliphatic heterocycles. The van der Waals surface area contributed by atoms with E-state index < -0.39 is 35.6 Å². The third-order valence-electron chi connectivity index (χ3n) is 10.3. The second kappa shape index (κ2) is 14.7. The number of aryl methyl sites for hydroxylation is 1. The van der Waals surface area contributed by atoms with Crippen LogP contribution in [0, 0.1) is 12.8 Å². The van der Waals surface area contributed by atoms with Crippen LogP contribution in [0.5, 0.6) is 0 Å². The van der Waals surface area contributed by atoms with Crippen LogP contribution in [0.3, 0.4) is 0 Å². The first kappa shape index (κ1) is 38.3. The molecule has 2 heterocycles. The molecule has 1 saturated heterocycles. The highest BCUT2D eigenvalue weighted by atomic mass is 32.2. The van der Waals surface area contributed by atoms with Crippen molar-refractivity contribution in [2.45, 2.75) is 129 Å². The Hall–Kier alpha value is -2.54. The summed E-state index contributed by atoms with van der Waals surface area (Å²) in [6.45, 7) is 20.1. The molecule has 0 aromatic heterocycles. The molecule has 4 rings (SSSR count). The van der Waals surface area contributed by atoms with Crippen LogP contribution >= 0.6 is 0 Å². The molecule has 1 aromatic carbocycles. The van der Waals surface area contributed by atoms with Crippen molar-refractivity contribution in [3.8, 4) is 0 Å². The van der Waals surface area contributed by atoms with Crippen molar-refractivity contribution >= 4 is 42.3 Å². The summed E-state index contributed by atoms with van der Waals surface area (Å²) in [5.41, 5.74) is 1.10. The van der Waals surface area contributed by atoms with Crippen LogP contribution < -0.4 is 5.32 Å². The first-order chi connectivity index (χ1) is 22.2. The lowest BCUT2D eigenvalue weighted by Crippen LogP contribution is -2.50. The lowest BCUT2D eigenvalue weighted by Gasteiger charge is -2.37. The zero-order valence-corrected chi connectivity index (χ0v) is 32.5. The topological polar surface area (TPSA) is 118 Å². The van der Waals surface area contributed by atoms with Gasteiger partial charge in [-0.1, -0.05) is 58.2 Å². The molecule has 0 radical (unpaired) electrons. The Bertz CT molecular complexity index is 1490. The summed E-state index contributed by atoms with van der Waals surface area (Å²) in [5, 5.41) is 4.36. The summed E-state index contributed by atoms with van der Waals surface area (Å²) >= 11 is 0. The fourth-order valence-electron chi connectivity index (χ4n) is 6.24. The average molecular weight is 703 g/mol. The van der Waals surface area contributed by atoms with Crippen LogP contribution in [-0.2, 0) is 30.5 Å². The van der Waals surface area contributed by atoms with Gasteiger partial charge in [-0.15, -0.1) is 0 Å². The lowest BCUT2D eigenvalue weighted by molar-refractivity contribution is -0.125. The molecule has 0 atom stereocenters. The average Bonchev–Trinajstić information content (AvgIpc) is 3.30. The van der Waals surface area contributed by atoms with Gasteiger partial charge >= 0.3 is 6.09 Å². The van der Waals surface area contributed by atoms with E-state index in [1.54, 1.807) is 11.0 Å². The number of carbonyl (C=O) groups is 2. The minimum absolute atomic E-state index is 0.0626. The molecular formula is C36H58N4O6SSi. The number of ether oxygens (including phenoxy) is 1. The largest absolute Gasteiger partial charge is 0.444 e. The molecule has 48 heavy (non-hydrogen) atoms. The maximum atomic E-state index is 13.3. The Kier molecular flexibility index (Phi) is 11.8. The van der Waals surface area contributed by atoms with Gasteiger partial charge in [0.2, 0.25) is 10.0 Å². The van der Waals surface area contributed by atoms with E-state index >= 15 is 0 Å². The molecule has 10 nitrogen and oxygen atoms in total. The number of aliphatic imine (C=N–C) groups is 1. The van der Waals surface area contributed by atoms with Crippen molar-refractivity contribution in [2.75, 3.05) is 26.2 Å². The summed E-state index contributed by atoms with van der Waals surface area (Å²) in [7, 11) is -5.68. The SMILES string of the molecule is Cc1cc(CN(CCO[Si](C)(C)C(C)(C)C)C(=O)OC(C)(C)C)ccc1C=CS(=O)(=O)N1CCC2(CC1)N=C(C1CCCCC1)NC2=O.